The fraction of sp³-hybridized carbons (Fsp3) is 0.438. The zero-order chi connectivity index (χ0) is 12.8. The monoisotopic (exact) mass is 303 g/mol. The van der Waals surface area contributed by atoms with Gasteiger partial charge in [-0.25, -0.2) is 0 Å². The van der Waals surface area contributed by atoms with Crippen LogP contribution in [0, 0.1) is 17.2 Å². The second kappa shape index (κ2) is 6.75. The van der Waals surface area contributed by atoms with Gasteiger partial charge in [0.05, 0.1) is 11.6 Å². The number of alkyl halides is 1. The fourth-order valence-corrected chi connectivity index (χ4v) is 3.23. The van der Waals surface area contributed by atoms with Crippen LogP contribution in [-0.4, -0.2) is 5.33 Å². The molecule has 1 aliphatic carbocycles. The second-order valence-electron chi connectivity index (χ2n) is 4.92. The molecule has 0 aliphatic heterocycles. The number of halogens is 1. The van der Waals surface area contributed by atoms with E-state index in [1.165, 1.54) is 43.2 Å². The molecule has 2 rings (SSSR count). The topological polar surface area (TPSA) is 23.8 Å². The van der Waals surface area contributed by atoms with Gasteiger partial charge < -0.3 is 0 Å². The molecule has 1 aliphatic rings. The third-order valence-corrected chi connectivity index (χ3v) is 4.32. The average Bonchev–Trinajstić information content (AvgIpc) is 2.46. The lowest BCUT2D eigenvalue weighted by Gasteiger charge is -2.23. The molecule has 94 valence electrons. The first-order valence-electron chi connectivity index (χ1n) is 6.60. The molecule has 0 unspecified atom stereocenters. The zero-order valence-corrected chi connectivity index (χ0v) is 12.1. The van der Waals surface area contributed by atoms with Crippen molar-refractivity contribution in [2.75, 3.05) is 5.33 Å². The maximum absolute atomic E-state index is 8.79. The van der Waals surface area contributed by atoms with Gasteiger partial charge in [0.2, 0.25) is 0 Å². The first-order valence-corrected chi connectivity index (χ1v) is 7.72. The van der Waals surface area contributed by atoms with Crippen LogP contribution in [0.25, 0.3) is 6.08 Å². The lowest BCUT2D eigenvalue weighted by molar-refractivity contribution is 0.405. The number of hydrogen-bond acceptors (Lipinski definition) is 1. The van der Waals surface area contributed by atoms with Crippen LogP contribution >= 0.6 is 15.9 Å². The molecule has 0 bridgehead atoms. The number of rotatable bonds is 3. The lowest BCUT2D eigenvalue weighted by atomic mass is 9.84. The summed E-state index contributed by atoms with van der Waals surface area (Å²) in [6, 6.07) is 9.99. The molecule has 2 heteroatoms. The van der Waals surface area contributed by atoms with E-state index in [-0.39, 0.29) is 0 Å². The largest absolute Gasteiger partial charge is 0.192 e. The molecule has 0 spiro atoms. The van der Waals surface area contributed by atoms with Crippen molar-refractivity contribution < 1.29 is 0 Å². The fourth-order valence-electron chi connectivity index (χ4n) is 2.61. The summed E-state index contributed by atoms with van der Waals surface area (Å²) in [6.07, 6.45) is 9.06. The minimum Gasteiger partial charge on any atom is -0.192 e. The molecule has 0 heterocycles. The highest BCUT2D eigenvalue weighted by Crippen LogP contribution is 2.31. The van der Waals surface area contributed by atoms with Crippen LogP contribution in [-0.2, 0) is 0 Å². The Balaban J connectivity index is 2.14. The number of nitriles is 1. The summed E-state index contributed by atoms with van der Waals surface area (Å²) in [4.78, 5) is 0. The van der Waals surface area contributed by atoms with Gasteiger partial charge in [-0.1, -0.05) is 59.0 Å². The molecule has 1 aromatic rings. The maximum atomic E-state index is 8.79. The van der Waals surface area contributed by atoms with E-state index in [4.69, 9.17) is 5.26 Å². The van der Waals surface area contributed by atoms with E-state index < -0.39 is 0 Å². The summed E-state index contributed by atoms with van der Waals surface area (Å²) in [6.45, 7) is 0. The molecule has 0 saturated heterocycles. The van der Waals surface area contributed by atoms with Crippen molar-refractivity contribution in [2.45, 2.75) is 32.1 Å². The minimum absolute atomic E-state index is 0.727. The second-order valence-corrected chi connectivity index (χ2v) is 5.48. The van der Waals surface area contributed by atoms with E-state index in [9.17, 15) is 0 Å². The molecule has 0 radical (unpaired) electrons. The first-order chi connectivity index (χ1) is 8.83. The third kappa shape index (κ3) is 3.46. The molecule has 0 amide bonds. The van der Waals surface area contributed by atoms with E-state index in [2.05, 4.69) is 28.1 Å². The highest BCUT2D eigenvalue weighted by Gasteiger charge is 2.16. The van der Waals surface area contributed by atoms with E-state index in [1.54, 1.807) is 0 Å². The predicted molar refractivity (Wildman–Crippen MR) is 79.5 cm³/mol. The predicted octanol–water partition coefficient (Wildman–Crippen LogP) is 4.92. The molecule has 18 heavy (non-hydrogen) atoms. The van der Waals surface area contributed by atoms with Gasteiger partial charge in [-0.3, -0.25) is 0 Å². The van der Waals surface area contributed by atoms with E-state index in [0.717, 1.165) is 16.8 Å². The quantitative estimate of drug-likeness (QED) is 0.727. The molecule has 1 saturated carbocycles. The maximum Gasteiger partial charge on any atom is 0.0991 e. The van der Waals surface area contributed by atoms with Crippen molar-refractivity contribution in [2.24, 2.45) is 5.92 Å². The van der Waals surface area contributed by atoms with Crippen LogP contribution in [0.2, 0.25) is 0 Å². The number of allylic oxidation sites excluding steroid dienone is 1. The van der Waals surface area contributed by atoms with Crippen LogP contribution in [0.4, 0.5) is 0 Å². The average molecular weight is 304 g/mol. The van der Waals surface area contributed by atoms with Crippen LogP contribution < -0.4 is 0 Å². The van der Waals surface area contributed by atoms with Gasteiger partial charge in [-0.2, -0.15) is 5.26 Å². The summed E-state index contributed by atoms with van der Waals surface area (Å²) in [5.74, 6) is 0.744. The lowest BCUT2D eigenvalue weighted by Crippen LogP contribution is -2.10. The van der Waals surface area contributed by atoms with E-state index >= 15 is 0 Å². The van der Waals surface area contributed by atoms with Crippen molar-refractivity contribution in [3.8, 4) is 6.07 Å². The van der Waals surface area contributed by atoms with Crippen molar-refractivity contribution in [3.05, 3.63) is 41.0 Å². The molecule has 0 atom stereocenters. The Kier molecular flexibility index (Phi) is 5.01. The van der Waals surface area contributed by atoms with Crippen molar-refractivity contribution in [1.29, 1.82) is 5.26 Å². The van der Waals surface area contributed by atoms with Crippen molar-refractivity contribution >= 4 is 22.0 Å². The van der Waals surface area contributed by atoms with Gasteiger partial charge >= 0.3 is 0 Å². The van der Waals surface area contributed by atoms with Crippen molar-refractivity contribution in [1.82, 2.24) is 0 Å². The van der Waals surface area contributed by atoms with Gasteiger partial charge in [0.15, 0.2) is 0 Å². The Morgan fingerprint density at radius 3 is 2.44 bits per heavy atom. The summed E-state index contributed by atoms with van der Waals surface area (Å²) < 4.78 is 0. The Morgan fingerprint density at radius 2 is 1.89 bits per heavy atom. The van der Waals surface area contributed by atoms with Gasteiger partial charge in [-0.05, 0) is 36.5 Å². The summed E-state index contributed by atoms with van der Waals surface area (Å²) >= 11 is 3.62. The van der Waals surface area contributed by atoms with E-state index in [1.807, 2.05) is 24.3 Å². The molecule has 0 N–H and O–H groups in total. The normalized spacial score (nSPS) is 17.4. The van der Waals surface area contributed by atoms with Crippen LogP contribution in [0.3, 0.4) is 0 Å². The highest BCUT2D eigenvalue weighted by atomic mass is 79.9. The first kappa shape index (κ1) is 13.4. The highest BCUT2D eigenvalue weighted by molar-refractivity contribution is 9.09. The standard InChI is InChI=1S/C16H18BrN/c17-11-16(15-4-2-1-3-5-15)10-13-6-8-14(12-18)9-7-13/h6-10,15H,1-5,11H2. The van der Waals surface area contributed by atoms with Crippen LogP contribution in [0.5, 0.6) is 0 Å². The smallest absolute Gasteiger partial charge is 0.0991 e. The molecule has 0 aromatic heterocycles. The molecular weight excluding hydrogens is 286 g/mol. The Hall–Kier alpha value is -1.07. The van der Waals surface area contributed by atoms with E-state index in [0.29, 0.717) is 0 Å². The van der Waals surface area contributed by atoms with Crippen LogP contribution in [0.15, 0.2) is 29.8 Å². The Labute approximate surface area is 118 Å². The summed E-state index contributed by atoms with van der Waals surface area (Å²) in [7, 11) is 0. The molecule has 1 fully saturated rings. The zero-order valence-electron chi connectivity index (χ0n) is 10.5. The third-order valence-electron chi connectivity index (χ3n) is 3.68. The van der Waals surface area contributed by atoms with Gasteiger partial charge in [-0.15, -0.1) is 0 Å². The van der Waals surface area contributed by atoms with Gasteiger partial charge in [0, 0.05) is 5.33 Å². The molecule has 1 aromatic carbocycles. The number of hydrogen-bond donors (Lipinski definition) is 0. The van der Waals surface area contributed by atoms with Crippen LogP contribution in [0.1, 0.15) is 43.2 Å². The summed E-state index contributed by atoms with van der Waals surface area (Å²) in [5.41, 5.74) is 3.43. The summed E-state index contributed by atoms with van der Waals surface area (Å²) in [5, 5.41) is 9.74. The Morgan fingerprint density at radius 1 is 1.22 bits per heavy atom. The minimum atomic E-state index is 0.727. The number of nitrogens with zero attached hydrogens (tertiary/aromatic N) is 1. The Bertz CT molecular complexity index is 447. The van der Waals surface area contributed by atoms with Crippen molar-refractivity contribution in [3.63, 3.8) is 0 Å². The SMILES string of the molecule is N#Cc1ccc(C=C(CBr)C2CCCCC2)cc1. The number of benzene rings is 1. The molecular formula is C16H18BrN. The van der Waals surface area contributed by atoms with Gasteiger partial charge in [0.25, 0.3) is 0 Å². The van der Waals surface area contributed by atoms with Gasteiger partial charge in [0.1, 0.15) is 0 Å². The molecule has 1 nitrogen and oxygen atoms in total.